The highest BCUT2D eigenvalue weighted by Crippen LogP contribution is 2.34. The first-order valence-electron chi connectivity index (χ1n) is 8.79. The lowest BCUT2D eigenvalue weighted by molar-refractivity contribution is -0.115. The van der Waals surface area contributed by atoms with Gasteiger partial charge in [0.1, 0.15) is 9.88 Å². The predicted octanol–water partition coefficient (Wildman–Crippen LogP) is 3.98. The van der Waals surface area contributed by atoms with Gasteiger partial charge in [0, 0.05) is 12.8 Å². The minimum Gasteiger partial charge on any atom is -0.462 e. The summed E-state index contributed by atoms with van der Waals surface area (Å²) in [7, 11) is 0. The molecule has 27 heavy (non-hydrogen) atoms. The van der Waals surface area contributed by atoms with Gasteiger partial charge in [-0.05, 0) is 25.0 Å². The largest absolute Gasteiger partial charge is 0.462 e. The zero-order chi connectivity index (χ0) is 19.8. The molecule has 0 radical (unpaired) electrons. The van der Waals surface area contributed by atoms with Gasteiger partial charge in [0.05, 0.1) is 18.8 Å². The molecule has 0 saturated carbocycles. The van der Waals surface area contributed by atoms with Gasteiger partial charge in [0.2, 0.25) is 5.91 Å². The summed E-state index contributed by atoms with van der Waals surface area (Å²) in [6, 6.07) is 9.69. The van der Waals surface area contributed by atoms with Gasteiger partial charge in [-0.3, -0.25) is 4.79 Å². The molecule has 0 spiro atoms. The van der Waals surface area contributed by atoms with Crippen LogP contribution in [-0.4, -0.2) is 31.1 Å². The summed E-state index contributed by atoms with van der Waals surface area (Å²) in [5.41, 5.74) is 1.73. The quantitative estimate of drug-likeness (QED) is 0.691. The van der Waals surface area contributed by atoms with E-state index in [4.69, 9.17) is 9.47 Å². The number of esters is 2. The third-order valence-electron chi connectivity index (χ3n) is 3.85. The first-order chi connectivity index (χ1) is 13.0. The number of nitrogens with one attached hydrogen (secondary N) is 1. The molecular formula is C20H23NO5S. The maximum Gasteiger partial charge on any atom is 0.348 e. The highest BCUT2D eigenvalue weighted by molar-refractivity contribution is 7.18. The summed E-state index contributed by atoms with van der Waals surface area (Å²) in [5, 5.41) is 2.98. The Balaban J connectivity index is 2.16. The van der Waals surface area contributed by atoms with Crippen molar-refractivity contribution in [3.63, 3.8) is 0 Å². The first kappa shape index (κ1) is 20.6. The second-order valence-corrected chi connectivity index (χ2v) is 6.77. The van der Waals surface area contributed by atoms with Gasteiger partial charge in [-0.1, -0.05) is 37.3 Å². The van der Waals surface area contributed by atoms with Crippen LogP contribution in [0.4, 0.5) is 5.00 Å². The molecule has 0 unspecified atom stereocenters. The van der Waals surface area contributed by atoms with E-state index >= 15 is 0 Å². The standard InChI is InChI=1S/C20H23NO5S/c1-4-15(22)21-18-16(19(23)25-5-2)13(3)17(27-18)20(24)26-12-11-14-9-7-6-8-10-14/h6-10H,4-5,11-12H2,1-3H3,(H,21,22). The second kappa shape index (κ2) is 9.87. The Labute approximate surface area is 162 Å². The second-order valence-electron chi connectivity index (χ2n) is 5.75. The minimum absolute atomic E-state index is 0.201. The van der Waals surface area contributed by atoms with Gasteiger partial charge in [0.25, 0.3) is 0 Å². The number of anilines is 1. The molecule has 2 rings (SSSR count). The molecule has 6 nitrogen and oxygen atoms in total. The Morgan fingerprint density at radius 3 is 2.37 bits per heavy atom. The minimum atomic E-state index is -0.569. The van der Waals surface area contributed by atoms with Crippen LogP contribution >= 0.6 is 11.3 Å². The van der Waals surface area contributed by atoms with Gasteiger partial charge < -0.3 is 14.8 Å². The smallest absolute Gasteiger partial charge is 0.348 e. The van der Waals surface area contributed by atoms with Gasteiger partial charge in [0.15, 0.2) is 0 Å². The van der Waals surface area contributed by atoms with Crippen molar-refractivity contribution >= 4 is 34.2 Å². The normalized spacial score (nSPS) is 10.3. The Kier molecular flexibility index (Phi) is 7.55. The fourth-order valence-electron chi connectivity index (χ4n) is 2.43. The van der Waals surface area contributed by atoms with Gasteiger partial charge in [-0.25, -0.2) is 9.59 Å². The van der Waals surface area contributed by atoms with Gasteiger partial charge in [-0.15, -0.1) is 11.3 Å². The molecule has 0 atom stereocenters. The lowest BCUT2D eigenvalue weighted by Crippen LogP contribution is -2.13. The van der Waals surface area contributed by atoms with Crippen LogP contribution in [0.25, 0.3) is 0 Å². The molecule has 0 fully saturated rings. The molecule has 1 aromatic heterocycles. The van der Waals surface area contributed by atoms with Crippen molar-refractivity contribution < 1.29 is 23.9 Å². The van der Waals surface area contributed by atoms with Crippen molar-refractivity contribution in [1.29, 1.82) is 0 Å². The van der Waals surface area contributed by atoms with Crippen LogP contribution in [0.3, 0.4) is 0 Å². The molecule has 1 heterocycles. The molecule has 1 N–H and O–H groups in total. The average molecular weight is 389 g/mol. The van der Waals surface area contributed by atoms with Crippen LogP contribution in [0.15, 0.2) is 30.3 Å². The third kappa shape index (κ3) is 5.40. The summed E-state index contributed by atoms with van der Waals surface area (Å²) in [4.78, 5) is 36.8. The van der Waals surface area contributed by atoms with E-state index in [2.05, 4.69) is 5.32 Å². The number of thiophene rings is 1. The van der Waals surface area contributed by atoms with E-state index in [0.29, 0.717) is 17.0 Å². The summed E-state index contributed by atoms with van der Waals surface area (Å²) >= 11 is 1.03. The molecule has 0 saturated heterocycles. The van der Waals surface area contributed by atoms with Crippen molar-refractivity contribution in [2.24, 2.45) is 0 Å². The van der Waals surface area contributed by atoms with E-state index < -0.39 is 11.9 Å². The van der Waals surface area contributed by atoms with E-state index in [1.54, 1.807) is 20.8 Å². The molecule has 1 aromatic carbocycles. The number of ether oxygens (including phenoxy) is 2. The number of hydrogen-bond acceptors (Lipinski definition) is 6. The summed E-state index contributed by atoms with van der Waals surface area (Å²) in [6.45, 7) is 5.48. The third-order valence-corrected chi connectivity index (χ3v) is 5.04. The number of amides is 1. The average Bonchev–Trinajstić information content (AvgIpc) is 2.98. The van der Waals surface area contributed by atoms with Crippen molar-refractivity contribution in [1.82, 2.24) is 0 Å². The van der Waals surface area contributed by atoms with Gasteiger partial charge in [-0.2, -0.15) is 0 Å². The highest BCUT2D eigenvalue weighted by atomic mass is 32.1. The predicted molar refractivity (Wildman–Crippen MR) is 104 cm³/mol. The van der Waals surface area contributed by atoms with Crippen LogP contribution < -0.4 is 5.32 Å². The van der Waals surface area contributed by atoms with Crippen LogP contribution in [0.5, 0.6) is 0 Å². The zero-order valence-corrected chi connectivity index (χ0v) is 16.5. The van der Waals surface area contributed by atoms with Crippen molar-refractivity contribution in [3.8, 4) is 0 Å². The summed E-state index contributed by atoms with van der Waals surface area (Å²) in [6.07, 6.45) is 0.858. The van der Waals surface area contributed by atoms with Crippen molar-refractivity contribution in [3.05, 3.63) is 51.9 Å². The highest BCUT2D eigenvalue weighted by Gasteiger charge is 2.27. The zero-order valence-electron chi connectivity index (χ0n) is 15.7. The maximum absolute atomic E-state index is 12.5. The Morgan fingerprint density at radius 2 is 1.74 bits per heavy atom. The van der Waals surface area contributed by atoms with E-state index in [9.17, 15) is 14.4 Å². The fraction of sp³-hybridized carbons (Fsp3) is 0.350. The summed E-state index contributed by atoms with van der Waals surface area (Å²) in [5.74, 6) is -1.33. The van der Waals surface area contributed by atoms with Crippen LogP contribution in [0.2, 0.25) is 0 Å². The van der Waals surface area contributed by atoms with Crippen molar-refractivity contribution in [2.45, 2.75) is 33.6 Å². The molecule has 2 aromatic rings. The molecule has 0 bridgehead atoms. The molecular weight excluding hydrogens is 366 g/mol. The monoisotopic (exact) mass is 389 g/mol. The molecule has 0 aliphatic heterocycles. The SMILES string of the molecule is CCOC(=O)c1c(NC(=O)CC)sc(C(=O)OCCc2ccccc2)c1C. The molecule has 144 valence electrons. The van der Waals surface area contributed by atoms with Crippen molar-refractivity contribution in [2.75, 3.05) is 18.5 Å². The van der Waals surface area contributed by atoms with E-state index in [1.165, 1.54) is 0 Å². The maximum atomic E-state index is 12.5. The Hall–Kier alpha value is -2.67. The number of hydrogen-bond donors (Lipinski definition) is 1. The Morgan fingerprint density at radius 1 is 1.04 bits per heavy atom. The summed E-state index contributed by atoms with van der Waals surface area (Å²) < 4.78 is 10.4. The first-order valence-corrected chi connectivity index (χ1v) is 9.60. The van der Waals surface area contributed by atoms with Crippen LogP contribution in [-0.2, 0) is 20.7 Å². The molecule has 0 aliphatic carbocycles. The lowest BCUT2D eigenvalue weighted by atomic mass is 10.1. The number of rotatable bonds is 8. The van der Waals surface area contributed by atoms with Crippen LogP contribution in [0, 0.1) is 6.92 Å². The van der Waals surface area contributed by atoms with E-state index in [0.717, 1.165) is 16.9 Å². The number of carbonyl (C=O) groups is 3. The fourth-order valence-corrected chi connectivity index (χ4v) is 3.54. The number of benzene rings is 1. The molecule has 0 aliphatic rings. The van der Waals surface area contributed by atoms with Gasteiger partial charge >= 0.3 is 11.9 Å². The number of carbonyl (C=O) groups excluding carboxylic acids is 3. The van der Waals surface area contributed by atoms with E-state index in [-0.39, 0.29) is 36.0 Å². The molecule has 1 amide bonds. The van der Waals surface area contributed by atoms with E-state index in [1.807, 2.05) is 30.3 Å². The van der Waals surface area contributed by atoms with Crippen LogP contribution in [0.1, 0.15) is 51.4 Å². The Bertz CT molecular complexity index is 813. The molecule has 7 heteroatoms. The lowest BCUT2D eigenvalue weighted by Gasteiger charge is -2.06. The topological polar surface area (TPSA) is 81.7 Å².